The highest BCUT2D eigenvalue weighted by atomic mass is 32.1. The Morgan fingerprint density at radius 2 is 1.90 bits per heavy atom. The molecule has 1 N–H and O–H groups in total. The van der Waals surface area contributed by atoms with Gasteiger partial charge in [0.15, 0.2) is 5.82 Å². The van der Waals surface area contributed by atoms with Crippen molar-refractivity contribution in [1.29, 1.82) is 0 Å². The van der Waals surface area contributed by atoms with Crippen LogP contribution in [0, 0.1) is 0 Å². The minimum atomic E-state index is -0.00153. The van der Waals surface area contributed by atoms with Crippen molar-refractivity contribution >= 4 is 33.1 Å². The Labute approximate surface area is 179 Å². The first kappa shape index (κ1) is 18.9. The summed E-state index contributed by atoms with van der Waals surface area (Å²) in [6, 6.07) is 15.9. The summed E-state index contributed by atoms with van der Waals surface area (Å²) < 4.78 is 3.40. The number of rotatable bonds is 5. The lowest BCUT2D eigenvalue weighted by Gasteiger charge is -2.08. The number of fused-ring (bicyclic) bond motifs is 2. The third-order valence-electron chi connectivity index (χ3n) is 5.44. The Kier molecular flexibility index (Phi) is 5.27. The Hall–Kier alpha value is -3.06. The van der Waals surface area contributed by atoms with Crippen LogP contribution in [0.5, 0.6) is 0 Å². The largest absolute Gasteiger partial charge is 0.326 e. The Balaban J connectivity index is 1.21. The average molecular weight is 418 g/mol. The molecule has 2 aromatic heterocycles. The maximum Gasteiger partial charge on any atom is 0.224 e. The molecule has 1 amide bonds. The van der Waals surface area contributed by atoms with Gasteiger partial charge in [0.2, 0.25) is 5.91 Å². The van der Waals surface area contributed by atoms with Crippen molar-refractivity contribution in [2.75, 3.05) is 5.32 Å². The minimum absolute atomic E-state index is 0.00153. The highest BCUT2D eigenvalue weighted by Crippen LogP contribution is 2.25. The summed E-state index contributed by atoms with van der Waals surface area (Å²) in [6.07, 6.45) is 5.65. The maximum atomic E-state index is 12.4. The molecule has 0 fully saturated rings. The van der Waals surface area contributed by atoms with E-state index in [4.69, 9.17) is 0 Å². The fourth-order valence-electron chi connectivity index (χ4n) is 3.87. The van der Waals surface area contributed by atoms with Gasteiger partial charge in [-0.15, -0.1) is 21.5 Å². The Morgan fingerprint density at radius 3 is 2.77 bits per heavy atom. The predicted molar refractivity (Wildman–Crippen MR) is 120 cm³/mol. The van der Waals surface area contributed by atoms with Crippen LogP contribution in [0.1, 0.15) is 36.5 Å². The van der Waals surface area contributed by atoms with E-state index >= 15 is 0 Å². The molecule has 7 heteroatoms. The quantitative estimate of drug-likeness (QED) is 0.504. The molecule has 3 heterocycles. The summed E-state index contributed by atoms with van der Waals surface area (Å²) in [5, 5.41) is 12.8. The molecule has 1 aliphatic rings. The van der Waals surface area contributed by atoms with E-state index in [1.54, 1.807) is 11.3 Å². The van der Waals surface area contributed by atoms with Crippen molar-refractivity contribution < 1.29 is 4.79 Å². The second-order valence-corrected chi connectivity index (χ2v) is 8.72. The topological polar surface area (TPSA) is 72.7 Å². The van der Waals surface area contributed by atoms with E-state index in [9.17, 15) is 4.79 Å². The van der Waals surface area contributed by atoms with Crippen LogP contribution in [0.4, 0.5) is 5.69 Å². The monoisotopic (exact) mass is 417 g/mol. The van der Waals surface area contributed by atoms with E-state index in [0.717, 1.165) is 51.1 Å². The van der Waals surface area contributed by atoms with Crippen LogP contribution < -0.4 is 5.32 Å². The van der Waals surface area contributed by atoms with Crippen LogP contribution in [-0.2, 0) is 24.2 Å². The summed E-state index contributed by atoms with van der Waals surface area (Å²) in [6.45, 7) is 0.974. The van der Waals surface area contributed by atoms with Crippen molar-refractivity contribution in [3.05, 3.63) is 59.4 Å². The van der Waals surface area contributed by atoms with E-state index in [1.807, 2.05) is 42.5 Å². The summed E-state index contributed by atoms with van der Waals surface area (Å²) in [5.41, 5.74) is 2.83. The van der Waals surface area contributed by atoms with E-state index in [0.29, 0.717) is 12.8 Å². The van der Waals surface area contributed by atoms with Crippen molar-refractivity contribution in [2.24, 2.45) is 0 Å². The second kappa shape index (κ2) is 8.36. The number of aryl methyl sites for hydroxylation is 2. The molecular weight excluding hydrogens is 394 g/mol. The molecule has 152 valence electrons. The van der Waals surface area contributed by atoms with Crippen LogP contribution in [0.15, 0.2) is 48.5 Å². The summed E-state index contributed by atoms with van der Waals surface area (Å²) >= 11 is 1.65. The van der Waals surface area contributed by atoms with Gasteiger partial charge in [-0.3, -0.25) is 4.79 Å². The van der Waals surface area contributed by atoms with E-state index < -0.39 is 0 Å². The first-order chi connectivity index (χ1) is 14.8. The number of amides is 1. The lowest BCUT2D eigenvalue weighted by atomic mass is 10.2. The number of anilines is 1. The molecule has 0 unspecified atom stereocenters. The molecule has 2 aromatic carbocycles. The van der Waals surface area contributed by atoms with Crippen LogP contribution >= 0.6 is 11.3 Å². The summed E-state index contributed by atoms with van der Waals surface area (Å²) in [5.74, 6) is 1.99. The minimum Gasteiger partial charge on any atom is -0.326 e. The van der Waals surface area contributed by atoms with Crippen molar-refractivity contribution in [1.82, 2.24) is 19.7 Å². The van der Waals surface area contributed by atoms with E-state index in [-0.39, 0.29) is 5.91 Å². The number of nitrogens with zero attached hydrogens (tertiary/aromatic N) is 4. The van der Waals surface area contributed by atoms with Gasteiger partial charge in [0.1, 0.15) is 5.82 Å². The van der Waals surface area contributed by atoms with Gasteiger partial charge < -0.3 is 9.88 Å². The van der Waals surface area contributed by atoms with Gasteiger partial charge in [0.05, 0.1) is 15.2 Å². The number of aromatic nitrogens is 4. The maximum absolute atomic E-state index is 12.4. The number of thiazole rings is 1. The average Bonchev–Trinajstić information content (AvgIpc) is 3.29. The highest BCUT2D eigenvalue weighted by molar-refractivity contribution is 7.18. The van der Waals surface area contributed by atoms with Gasteiger partial charge in [-0.05, 0) is 49.2 Å². The molecule has 0 bridgehead atoms. The van der Waals surface area contributed by atoms with Crippen LogP contribution in [0.3, 0.4) is 0 Å². The first-order valence-corrected chi connectivity index (χ1v) is 11.2. The van der Waals surface area contributed by atoms with Crippen molar-refractivity contribution in [2.45, 2.75) is 45.1 Å². The van der Waals surface area contributed by atoms with Gasteiger partial charge in [0, 0.05) is 37.1 Å². The van der Waals surface area contributed by atoms with Crippen LogP contribution in [0.2, 0.25) is 0 Å². The molecule has 0 saturated heterocycles. The highest BCUT2D eigenvalue weighted by Gasteiger charge is 2.16. The lowest BCUT2D eigenvalue weighted by molar-refractivity contribution is -0.116. The molecule has 5 rings (SSSR count). The normalized spacial score (nSPS) is 13.7. The first-order valence-electron chi connectivity index (χ1n) is 10.4. The third kappa shape index (κ3) is 3.98. The third-order valence-corrected chi connectivity index (χ3v) is 6.54. The molecule has 1 aliphatic heterocycles. The number of hydrogen-bond donors (Lipinski definition) is 1. The molecule has 6 nitrogen and oxygen atoms in total. The predicted octanol–water partition coefficient (Wildman–Crippen LogP) is 4.85. The van der Waals surface area contributed by atoms with Gasteiger partial charge >= 0.3 is 0 Å². The van der Waals surface area contributed by atoms with Gasteiger partial charge in [0.25, 0.3) is 0 Å². The van der Waals surface area contributed by atoms with Crippen LogP contribution in [0.25, 0.3) is 21.6 Å². The Morgan fingerprint density at radius 1 is 1.03 bits per heavy atom. The number of benzene rings is 2. The summed E-state index contributed by atoms with van der Waals surface area (Å²) in [7, 11) is 0. The molecule has 0 spiro atoms. The van der Waals surface area contributed by atoms with Gasteiger partial charge in [-0.2, -0.15) is 0 Å². The summed E-state index contributed by atoms with van der Waals surface area (Å²) in [4.78, 5) is 17.0. The molecule has 0 radical (unpaired) electrons. The number of carbonyl (C=O) groups is 1. The van der Waals surface area contributed by atoms with Crippen molar-refractivity contribution in [3.63, 3.8) is 0 Å². The van der Waals surface area contributed by atoms with Gasteiger partial charge in [-0.1, -0.05) is 18.6 Å². The number of nitrogens with one attached hydrogen (secondary N) is 1. The standard InChI is InChI=1S/C23H23N5OS/c29-21(13-14-22-25-18-6-3-4-7-19(18)30-22)24-17-11-9-16(10-12-17)23-27-26-20-8-2-1-5-15-28(20)23/h3-4,6-7,9-12H,1-2,5,8,13-15H2,(H,24,29). The zero-order valence-electron chi connectivity index (χ0n) is 16.7. The molecule has 0 aliphatic carbocycles. The molecule has 4 aromatic rings. The lowest BCUT2D eigenvalue weighted by Crippen LogP contribution is -2.12. The van der Waals surface area contributed by atoms with Crippen molar-refractivity contribution in [3.8, 4) is 11.4 Å². The second-order valence-electron chi connectivity index (χ2n) is 7.60. The number of hydrogen-bond acceptors (Lipinski definition) is 5. The SMILES string of the molecule is O=C(CCc1nc2ccccc2s1)Nc1ccc(-c2nnc3n2CCCCC3)cc1. The molecule has 0 saturated carbocycles. The fourth-order valence-corrected chi connectivity index (χ4v) is 4.84. The fraction of sp³-hybridized carbons (Fsp3) is 0.304. The zero-order chi connectivity index (χ0) is 20.3. The van der Waals surface area contributed by atoms with Gasteiger partial charge in [-0.25, -0.2) is 4.98 Å². The zero-order valence-corrected chi connectivity index (χ0v) is 17.5. The number of para-hydroxylation sites is 1. The molecular formula is C23H23N5OS. The smallest absolute Gasteiger partial charge is 0.224 e. The molecule has 0 atom stereocenters. The number of carbonyl (C=O) groups excluding carboxylic acids is 1. The van der Waals surface area contributed by atoms with E-state index in [1.165, 1.54) is 19.3 Å². The molecule has 30 heavy (non-hydrogen) atoms. The van der Waals surface area contributed by atoms with E-state index in [2.05, 4.69) is 31.1 Å². The van der Waals surface area contributed by atoms with Crippen LogP contribution in [-0.4, -0.2) is 25.7 Å². The Bertz CT molecular complexity index is 1150.